The average Bonchev–Trinajstić information content (AvgIpc) is 3.50. The molecule has 6 rings (SSSR count). The zero-order chi connectivity index (χ0) is 24.8. The molecule has 0 radical (unpaired) electrons. The van der Waals surface area contributed by atoms with Crippen molar-refractivity contribution in [3.63, 3.8) is 0 Å². The molecule has 2 aliphatic heterocycles. The Morgan fingerprint density at radius 2 is 2.03 bits per heavy atom. The molecule has 0 unspecified atom stereocenters. The fraction of sp³-hybridized carbons (Fsp3) is 0.231. The van der Waals surface area contributed by atoms with Crippen LogP contribution in [-0.4, -0.2) is 39.0 Å². The molecule has 3 N–H and O–H groups in total. The molecule has 2 aromatic heterocycles. The van der Waals surface area contributed by atoms with Gasteiger partial charge in [0.15, 0.2) is 5.65 Å². The standard InChI is InChI=1S/C26H22ClFN6O2/c27-19-6-5-16(28)11-17(19)24-23-18(25(35)33-24)9-15(14-4-7-22-30-13-31-34(22)12-14)10-21(23)32-26(36)20-3-1-2-8-29-20/h4-7,9-13,20,24,29H,1-3,8H2,(H,32,36)(H,33,35)/t20-,24+/m1/s1. The zero-order valence-corrected chi connectivity index (χ0v) is 19.8. The summed E-state index contributed by atoms with van der Waals surface area (Å²) in [6.45, 7) is 0.774. The van der Waals surface area contributed by atoms with E-state index in [1.54, 1.807) is 10.6 Å². The quantitative estimate of drug-likeness (QED) is 0.388. The summed E-state index contributed by atoms with van der Waals surface area (Å²) in [7, 11) is 0. The van der Waals surface area contributed by atoms with Gasteiger partial charge in [-0.1, -0.05) is 18.0 Å². The van der Waals surface area contributed by atoms with Crippen molar-refractivity contribution in [3.05, 3.63) is 82.5 Å². The minimum Gasteiger partial charge on any atom is -0.341 e. The van der Waals surface area contributed by atoms with Gasteiger partial charge in [-0.05, 0) is 67.4 Å². The van der Waals surface area contributed by atoms with Gasteiger partial charge in [0.25, 0.3) is 5.91 Å². The third-order valence-electron chi connectivity index (χ3n) is 6.75. The number of carbonyl (C=O) groups is 2. The first-order valence-corrected chi connectivity index (χ1v) is 12.1. The highest BCUT2D eigenvalue weighted by Crippen LogP contribution is 2.41. The molecular formula is C26H22ClFN6O2. The van der Waals surface area contributed by atoms with Crippen molar-refractivity contribution in [2.45, 2.75) is 31.3 Å². The number of aromatic nitrogens is 3. The lowest BCUT2D eigenvalue weighted by molar-refractivity contribution is -0.118. The van der Waals surface area contributed by atoms with Crippen LogP contribution in [0, 0.1) is 5.82 Å². The lowest BCUT2D eigenvalue weighted by atomic mass is 9.92. The van der Waals surface area contributed by atoms with Gasteiger partial charge in [0.2, 0.25) is 5.91 Å². The molecule has 8 nitrogen and oxygen atoms in total. The predicted molar refractivity (Wildman–Crippen MR) is 133 cm³/mol. The fourth-order valence-electron chi connectivity index (χ4n) is 4.96. The van der Waals surface area contributed by atoms with Crippen LogP contribution in [-0.2, 0) is 4.79 Å². The Kier molecular flexibility index (Phi) is 5.66. The second-order valence-electron chi connectivity index (χ2n) is 9.03. The van der Waals surface area contributed by atoms with E-state index in [0.717, 1.165) is 36.9 Å². The summed E-state index contributed by atoms with van der Waals surface area (Å²) in [6.07, 6.45) is 5.99. The Morgan fingerprint density at radius 1 is 1.14 bits per heavy atom. The molecule has 0 bridgehead atoms. The molecule has 4 aromatic rings. The molecule has 2 amide bonds. The van der Waals surface area contributed by atoms with E-state index in [1.165, 1.54) is 24.5 Å². The predicted octanol–water partition coefficient (Wildman–Crippen LogP) is 4.10. The largest absolute Gasteiger partial charge is 0.341 e. The van der Waals surface area contributed by atoms with Gasteiger partial charge in [-0.15, -0.1) is 0 Å². The molecule has 2 aromatic carbocycles. The molecule has 0 saturated carbocycles. The second-order valence-corrected chi connectivity index (χ2v) is 9.44. The van der Waals surface area contributed by atoms with Gasteiger partial charge >= 0.3 is 0 Å². The average molecular weight is 505 g/mol. The maximum absolute atomic E-state index is 14.2. The number of halogens is 2. The molecule has 2 atom stereocenters. The van der Waals surface area contributed by atoms with Gasteiger partial charge in [-0.3, -0.25) is 9.59 Å². The van der Waals surface area contributed by atoms with Gasteiger partial charge in [0.05, 0.1) is 12.1 Å². The number of rotatable bonds is 4. The number of pyridine rings is 1. The lowest BCUT2D eigenvalue weighted by Crippen LogP contribution is -2.43. The Labute approximate surface area is 210 Å². The molecule has 10 heteroatoms. The van der Waals surface area contributed by atoms with E-state index >= 15 is 0 Å². The topological polar surface area (TPSA) is 100 Å². The van der Waals surface area contributed by atoms with Gasteiger partial charge in [-0.25, -0.2) is 13.9 Å². The Balaban J connectivity index is 1.49. The number of fused-ring (bicyclic) bond motifs is 2. The zero-order valence-electron chi connectivity index (χ0n) is 19.1. The third kappa shape index (κ3) is 4.00. The summed E-state index contributed by atoms with van der Waals surface area (Å²) in [4.78, 5) is 30.5. The van der Waals surface area contributed by atoms with Crippen LogP contribution < -0.4 is 16.0 Å². The molecule has 1 saturated heterocycles. The van der Waals surface area contributed by atoms with E-state index in [1.807, 2.05) is 24.4 Å². The van der Waals surface area contributed by atoms with Crippen molar-refractivity contribution in [1.82, 2.24) is 25.2 Å². The van der Waals surface area contributed by atoms with E-state index in [2.05, 4.69) is 26.0 Å². The molecule has 1 fully saturated rings. The highest BCUT2D eigenvalue weighted by atomic mass is 35.5. The van der Waals surface area contributed by atoms with Crippen molar-refractivity contribution < 1.29 is 14.0 Å². The van der Waals surface area contributed by atoms with Gasteiger partial charge < -0.3 is 16.0 Å². The van der Waals surface area contributed by atoms with E-state index in [-0.39, 0.29) is 17.9 Å². The minimum absolute atomic E-state index is 0.177. The molecular weight excluding hydrogens is 483 g/mol. The molecule has 4 heterocycles. The van der Waals surface area contributed by atoms with E-state index in [4.69, 9.17) is 11.6 Å². The fourth-order valence-corrected chi connectivity index (χ4v) is 5.18. The summed E-state index contributed by atoms with van der Waals surface area (Å²) in [5.74, 6) is -0.971. The Bertz CT molecular complexity index is 1510. The van der Waals surface area contributed by atoms with Crippen LogP contribution in [0.15, 0.2) is 55.0 Å². The second kappa shape index (κ2) is 9.00. The number of carbonyl (C=O) groups excluding carboxylic acids is 2. The number of nitrogens with zero attached hydrogens (tertiary/aromatic N) is 3. The molecule has 36 heavy (non-hydrogen) atoms. The molecule has 182 valence electrons. The first-order valence-electron chi connectivity index (χ1n) is 11.8. The smallest absolute Gasteiger partial charge is 0.252 e. The lowest BCUT2D eigenvalue weighted by Gasteiger charge is -2.24. The minimum atomic E-state index is -0.711. The van der Waals surface area contributed by atoms with Crippen molar-refractivity contribution in [2.75, 3.05) is 11.9 Å². The number of benzene rings is 2. The van der Waals surface area contributed by atoms with Crippen molar-refractivity contribution in [1.29, 1.82) is 0 Å². The summed E-state index contributed by atoms with van der Waals surface area (Å²) in [6, 6.07) is 10.3. The van der Waals surface area contributed by atoms with Gasteiger partial charge in [0, 0.05) is 39.2 Å². The van der Waals surface area contributed by atoms with Crippen LogP contribution in [0.1, 0.15) is 46.8 Å². The first kappa shape index (κ1) is 22.6. The number of amides is 2. The monoisotopic (exact) mass is 504 g/mol. The maximum atomic E-state index is 14.2. The first-order chi connectivity index (χ1) is 17.5. The molecule has 0 aliphatic carbocycles. The number of nitrogens with one attached hydrogen (secondary N) is 3. The van der Waals surface area contributed by atoms with E-state index < -0.39 is 11.9 Å². The number of piperidine rings is 1. The summed E-state index contributed by atoms with van der Waals surface area (Å²) < 4.78 is 15.8. The van der Waals surface area contributed by atoms with Crippen LogP contribution >= 0.6 is 11.6 Å². The third-order valence-corrected chi connectivity index (χ3v) is 7.09. The number of hydrogen-bond acceptors (Lipinski definition) is 5. The Hall–Kier alpha value is -3.82. The molecule has 2 aliphatic rings. The number of anilines is 1. The summed E-state index contributed by atoms with van der Waals surface area (Å²) in [5, 5.41) is 13.7. The van der Waals surface area contributed by atoms with Crippen LogP contribution in [0.3, 0.4) is 0 Å². The highest BCUT2D eigenvalue weighted by molar-refractivity contribution is 6.31. The van der Waals surface area contributed by atoms with Gasteiger partial charge in [-0.2, -0.15) is 5.10 Å². The summed E-state index contributed by atoms with van der Waals surface area (Å²) >= 11 is 6.41. The SMILES string of the molecule is O=C1N[C@@H](c2cc(F)ccc2Cl)c2c(NC(=O)[C@H]3CCCCN3)cc(-c3ccc4ncnn4c3)cc21. The van der Waals surface area contributed by atoms with E-state index in [9.17, 15) is 14.0 Å². The number of hydrogen-bond donors (Lipinski definition) is 3. The van der Waals surface area contributed by atoms with Gasteiger partial charge in [0.1, 0.15) is 12.1 Å². The van der Waals surface area contributed by atoms with Crippen molar-refractivity contribution >= 4 is 34.7 Å². The van der Waals surface area contributed by atoms with Crippen LogP contribution in [0.4, 0.5) is 10.1 Å². The van der Waals surface area contributed by atoms with Crippen molar-refractivity contribution in [2.24, 2.45) is 0 Å². The highest BCUT2D eigenvalue weighted by Gasteiger charge is 2.35. The van der Waals surface area contributed by atoms with E-state index in [0.29, 0.717) is 33.0 Å². The van der Waals surface area contributed by atoms with Crippen molar-refractivity contribution in [3.8, 4) is 11.1 Å². The maximum Gasteiger partial charge on any atom is 0.252 e. The molecule has 0 spiro atoms. The van der Waals surface area contributed by atoms with Crippen LogP contribution in [0.5, 0.6) is 0 Å². The Morgan fingerprint density at radius 3 is 2.86 bits per heavy atom. The van der Waals surface area contributed by atoms with Crippen LogP contribution in [0.2, 0.25) is 5.02 Å². The van der Waals surface area contributed by atoms with Crippen LogP contribution in [0.25, 0.3) is 16.8 Å². The normalized spacial score (nSPS) is 19.2. The summed E-state index contributed by atoms with van der Waals surface area (Å²) in [5.41, 5.74) is 4.05.